The van der Waals surface area contributed by atoms with Crippen LogP contribution >= 0.6 is 0 Å². The predicted octanol–water partition coefficient (Wildman–Crippen LogP) is 2.19. The fourth-order valence-electron chi connectivity index (χ4n) is 1.52. The van der Waals surface area contributed by atoms with Crippen LogP contribution in [0.15, 0.2) is 12.1 Å². The average Bonchev–Trinajstić information content (AvgIpc) is 2.31. The lowest BCUT2D eigenvalue weighted by atomic mass is 10.1. The molecule has 0 aliphatic carbocycles. The summed E-state index contributed by atoms with van der Waals surface area (Å²) >= 11 is 0. The first-order chi connectivity index (χ1) is 8.01. The van der Waals surface area contributed by atoms with Crippen LogP contribution in [-0.4, -0.2) is 20.1 Å². The Hall–Kier alpha value is -2.02. The molecule has 4 heteroatoms. The summed E-state index contributed by atoms with van der Waals surface area (Å²) in [6.45, 7) is 3.96. The first-order valence-electron chi connectivity index (χ1n) is 5.30. The Kier molecular flexibility index (Phi) is 4.11. The molecule has 1 amide bonds. The Bertz CT molecular complexity index is 475. The molecule has 0 aromatic heterocycles. The monoisotopic (exact) mass is 232 g/mol. The Morgan fingerprint density at radius 2 is 2.00 bits per heavy atom. The molecule has 1 aromatic rings. The summed E-state index contributed by atoms with van der Waals surface area (Å²) in [5.41, 5.74) is 2.87. The van der Waals surface area contributed by atoms with Gasteiger partial charge in [-0.15, -0.1) is 0 Å². The molecule has 0 aliphatic heterocycles. The summed E-state index contributed by atoms with van der Waals surface area (Å²) in [4.78, 5) is 13.1. The van der Waals surface area contributed by atoms with Gasteiger partial charge < -0.3 is 9.64 Å². The van der Waals surface area contributed by atoms with Gasteiger partial charge in [0.25, 0.3) is 0 Å². The molecule has 0 fully saturated rings. The first kappa shape index (κ1) is 13.0. The molecular formula is C13H16N2O2. The molecule has 0 saturated heterocycles. The van der Waals surface area contributed by atoms with Gasteiger partial charge >= 0.3 is 0 Å². The second kappa shape index (κ2) is 5.35. The minimum atomic E-state index is -0.242. The van der Waals surface area contributed by atoms with E-state index in [2.05, 4.69) is 0 Å². The van der Waals surface area contributed by atoms with E-state index in [0.29, 0.717) is 11.4 Å². The van der Waals surface area contributed by atoms with Gasteiger partial charge in [-0.3, -0.25) is 4.79 Å². The van der Waals surface area contributed by atoms with Crippen molar-refractivity contribution >= 4 is 11.6 Å². The zero-order valence-electron chi connectivity index (χ0n) is 10.6. The lowest BCUT2D eigenvalue weighted by molar-refractivity contribution is -0.117. The number of carbonyl (C=O) groups is 1. The summed E-state index contributed by atoms with van der Waals surface area (Å²) in [5, 5.41) is 8.53. The average molecular weight is 232 g/mol. The quantitative estimate of drug-likeness (QED) is 0.802. The lowest BCUT2D eigenvalue weighted by Crippen LogP contribution is -2.26. The smallest absolute Gasteiger partial charge is 0.241 e. The third-order valence-corrected chi connectivity index (χ3v) is 2.76. The van der Waals surface area contributed by atoms with Crippen LogP contribution in [0, 0.1) is 25.2 Å². The second-order valence-electron chi connectivity index (χ2n) is 3.90. The van der Waals surface area contributed by atoms with Crippen LogP contribution in [-0.2, 0) is 4.79 Å². The van der Waals surface area contributed by atoms with Gasteiger partial charge in [-0.1, -0.05) is 0 Å². The number of aryl methyl sites for hydroxylation is 2. The molecule has 1 aromatic carbocycles. The molecule has 1 rings (SSSR count). The molecule has 17 heavy (non-hydrogen) atoms. The third kappa shape index (κ3) is 2.76. The van der Waals surface area contributed by atoms with E-state index in [1.807, 2.05) is 32.0 Å². The van der Waals surface area contributed by atoms with E-state index in [-0.39, 0.29) is 12.3 Å². The third-order valence-electron chi connectivity index (χ3n) is 2.76. The maximum atomic E-state index is 11.7. The number of nitrogens with zero attached hydrogens (tertiary/aromatic N) is 2. The zero-order valence-corrected chi connectivity index (χ0v) is 10.6. The SMILES string of the molecule is COc1cc(C)c(C)cc1N(C)C(=O)CC#N. The summed E-state index contributed by atoms with van der Waals surface area (Å²) in [6.07, 6.45) is -0.132. The van der Waals surface area contributed by atoms with E-state index < -0.39 is 0 Å². The van der Waals surface area contributed by atoms with E-state index in [1.165, 1.54) is 4.90 Å². The number of benzene rings is 1. The number of hydrogen-bond donors (Lipinski definition) is 0. The van der Waals surface area contributed by atoms with E-state index >= 15 is 0 Å². The van der Waals surface area contributed by atoms with Crippen LogP contribution in [0.5, 0.6) is 5.75 Å². The predicted molar refractivity (Wildman–Crippen MR) is 66.1 cm³/mol. The molecule has 0 atom stereocenters. The molecule has 0 saturated carbocycles. The highest BCUT2D eigenvalue weighted by molar-refractivity contribution is 5.95. The number of methoxy groups -OCH3 is 1. The lowest BCUT2D eigenvalue weighted by Gasteiger charge is -2.20. The topological polar surface area (TPSA) is 53.3 Å². The van der Waals surface area contributed by atoms with Crippen molar-refractivity contribution in [2.75, 3.05) is 19.1 Å². The van der Waals surface area contributed by atoms with E-state index in [1.54, 1.807) is 14.2 Å². The molecule has 0 spiro atoms. The number of ether oxygens (including phenoxy) is 1. The van der Waals surface area contributed by atoms with Crippen LogP contribution in [0.1, 0.15) is 17.5 Å². The van der Waals surface area contributed by atoms with Crippen molar-refractivity contribution in [3.8, 4) is 11.8 Å². The highest BCUT2D eigenvalue weighted by Gasteiger charge is 2.15. The van der Waals surface area contributed by atoms with Crippen molar-refractivity contribution in [2.45, 2.75) is 20.3 Å². The largest absolute Gasteiger partial charge is 0.495 e. The molecule has 0 aliphatic rings. The molecule has 0 unspecified atom stereocenters. The highest BCUT2D eigenvalue weighted by atomic mass is 16.5. The zero-order chi connectivity index (χ0) is 13.0. The van der Waals surface area contributed by atoms with Gasteiger partial charge in [-0.05, 0) is 37.1 Å². The number of carbonyl (C=O) groups excluding carboxylic acids is 1. The van der Waals surface area contributed by atoms with E-state index in [9.17, 15) is 4.79 Å². The summed E-state index contributed by atoms with van der Waals surface area (Å²) < 4.78 is 5.25. The Morgan fingerprint density at radius 1 is 1.41 bits per heavy atom. The maximum absolute atomic E-state index is 11.7. The number of hydrogen-bond acceptors (Lipinski definition) is 3. The van der Waals surface area contributed by atoms with Crippen molar-refractivity contribution in [2.24, 2.45) is 0 Å². The van der Waals surface area contributed by atoms with Crippen molar-refractivity contribution in [1.82, 2.24) is 0 Å². The van der Waals surface area contributed by atoms with Gasteiger partial charge in [-0.2, -0.15) is 5.26 Å². The van der Waals surface area contributed by atoms with Gasteiger partial charge in [0.05, 0.1) is 18.9 Å². The molecule has 0 N–H and O–H groups in total. The number of rotatable bonds is 3. The second-order valence-corrected chi connectivity index (χ2v) is 3.90. The van der Waals surface area contributed by atoms with Gasteiger partial charge in [0, 0.05) is 7.05 Å². The Labute approximate surface area is 101 Å². The van der Waals surface area contributed by atoms with Gasteiger partial charge in [-0.25, -0.2) is 0 Å². The van der Waals surface area contributed by atoms with Crippen LogP contribution in [0.3, 0.4) is 0 Å². The fraction of sp³-hybridized carbons (Fsp3) is 0.385. The highest BCUT2D eigenvalue weighted by Crippen LogP contribution is 2.30. The van der Waals surface area contributed by atoms with Gasteiger partial charge in [0.2, 0.25) is 5.91 Å². The molecule has 0 radical (unpaired) electrons. The number of nitriles is 1. The summed E-state index contributed by atoms with van der Waals surface area (Å²) in [7, 11) is 3.21. The molecule has 4 nitrogen and oxygen atoms in total. The standard InChI is InChI=1S/C13H16N2O2/c1-9-7-11(12(17-4)8-10(9)2)15(3)13(16)5-6-14/h7-8H,5H2,1-4H3. The summed E-state index contributed by atoms with van der Waals surface area (Å²) in [5.74, 6) is 0.399. The van der Waals surface area contributed by atoms with Crippen molar-refractivity contribution in [3.05, 3.63) is 23.3 Å². The molecular weight excluding hydrogens is 216 g/mol. The van der Waals surface area contributed by atoms with E-state index in [0.717, 1.165) is 11.1 Å². The molecule has 0 heterocycles. The Balaban J connectivity index is 3.17. The Morgan fingerprint density at radius 3 is 2.53 bits per heavy atom. The number of anilines is 1. The minimum Gasteiger partial charge on any atom is -0.495 e. The van der Waals surface area contributed by atoms with Crippen LogP contribution in [0.25, 0.3) is 0 Å². The van der Waals surface area contributed by atoms with Crippen LogP contribution in [0.4, 0.5) is 5.69 Å². The van der Waals surface area contributed by atoms with E-state index in [4.69, 9.17) is 10.00 Å². The van der Waals surface area contributed by atoms with Gasteiger partial charge in [0.1, 0.15) is 12.2 Å². The molecule has 90 valence electrons. The van der Waals surface area contributed by atoms with Crippen molar-refractivity contribution < 1.29 is 9.53 Å². The van der Waals surface area contributed by atoms with Gasteiger partial charge in [0.15, 0.2) is 0 Å². The van der Waals surface area contributed by atoms with Crippen molar-refractivity contribution in [3.63, 3.8) is 0 Å². The maximum Gasteiger partial charge on any atom is 0.241 e. The first-order valence-corrected chi connectivity index (χ1v) is 5.30. The number of amides is 1. The fourth-order valence-corrected chi connectivity index (χ4v) is 1.52. The summed E-state index contributed by atoms with van der Waals surface area (Å²) in [6, 6.07) is 5.63. The normalized spacial score (nSPS) is 9.59. The van der Waals surface area contributed by atoms with Crippen molar-refractivity contribution in [1.29, 1.82) is 5.26 Å². The minimum absolute atomic E-state index is 0.132. The molecule has 0 bridgehead atoms. The van der Waals surface area contributed by atoms with Crippen LogP contribution in [0.2, 0.25) is 0 Å². The van der Waals surface area contributed by atoms with Crippen LogP contribution < -0.4 is 9.64 Å².